The summed E-state index contributed by atoms with van der Waals surface area (Å²) in [7, 11) is 0. The van der Waals surface area contributed by atoms with Gasteiger partial charge in [0.25, 0.3) is 5.91 Å². The lowest BCUT2D eigenvalue weighted by Gasteiger charge is -2.16. The number of hydrogen-bond acceptors (Lipinski definition) is 6. The zero-order valence-corrected chi connectivity index (χ0v) is 18.6. The summed E-state index contributed by atoms with van der Waals surface area (Å²) in [4.78, 5) is 35.4. The van der Waals surface area contributed by atoms with Gasteiger partial charge < -0.3 is 19.8 Å². The number of pyridine rings is 2. The molecule has 0 atom stereocenters. The van der Waals surface area contributed by atoms with E-state index in [1.165, 1.54) is 6.07 Å². The predicted molar refractivity (Wildman–Crippen MR) is 127 cm³/mol. The highest BCUT2D eigenvalue weighted by Gasteiger charge is 2.21. The number of carbonyl (C=O) groups excluding carboxylic acids is 1. The summed E-state index contributed by atoms with van der Waals surface area (Å²) >= 11 is 0. The number of likely N-dealkylation sites (tertiary alicyclic amines) is 1. The van der Waals surface area contributed by atoms with Gasteiger partial charge in [0.2, 0.25) is 0 Å². The fourth-order valence-electron chi connectivity index (χ4n) is 4.19. The number of nitrogens with zero attached hydrogens (tertiary/aromatic N) is 5. The van der Waals surface area contributed by atoms with Gasteiger partial charge in [-0.25, -0.2) is 4.98 Å². The van der Waals surface area contributed by atoms with E-state index < -0.39 is 0 Å². The number of amides is 1. The van der Waals surface area contributed by atoms with E-state index in [1.54, 1.807) is 17.3 Å². The smallest absolute Gasteiger partial charge is 0.270 e. The van der Waals surface area contributed by atoms with Gasteiger partial charge in [-0.15, -0.1) is 10.2 Å². The van der Waals surface area contributed by atoms with Crippen LogP contribution in [0.3, 0.4) is 0 Å². The van der Waals surface area contributed by atoms with Gasteiger partial charge in [-0.2, -0.15) is 0 Å². The number of rotatable bonds is 5. The van der Waals surface area contributed by atoms with E-state index in [0.717, 1.165) is 25.9 Å². The van der Waals surface area contributed by atoms with Crippen LogP contribution in [0.4, 0.5) is 11.5 Å². The molecule has 3 aromatic heterocycles. The lowest BCUT2D eigenvalue weighted by Crippen LogP contribution is -2.29. The van der Waals surface area contributed by atoms with Crippen molar-refractivity contribution < 1.29 is 4.79 Å². The fraction of sp³-hybridized carbons (Fsp3) is 0.292. The number of anilines is 2. The molecule has 0 spiro atoms. The van der Waals surface area contributed by atoms with Crippen molar-refractivity contribution in [3.8, 4) is 11.5 Å². The van der Waals surface area contributed by atoms with Crippen LogP contribution in [0.15, 0.2) is 53.6 Å². The molecule has 1 amide bonds. The van der Waals surface area contributed by atoms with E-state index in [2.05, 4.69) is 39.3 Å². The van der Waals surface area contributed by atoms with Crippen LogP contribution in [0, 0.1) is 0 Å². The standard InChI is InChI=1S/C24H25N7O2/c1-15(2)31-14-25-29-23(31)18-9-6-10-21(28-18)27-17-8-5-7-16-22(17)20(32)13-19(26-16)24(33)30-11-3-4-12-30/h5-10,13-15H,3-4,11-12H2,1-2H3,(H,26,32)(H,27,28). The van der Waals surface area contributed by atoms with Crippen molar-refractivity contribution in [1.82, 2.24) is 29.6 Å². The summed E-state index contributed by atoms with van der Waals surface area (Å²) in [6.45, 7) is 5.57. The fourth-order valence-corrected chi connectivity index (χ4v) is 4.19. The van der Waals surface area contributed by atoms with Crippen molar-refractivity contribution in [3.05, 3.63) is 64.7 Å². The van der Waals surface area contributed by atoms with Gasteiger partial charge in [0.1, 0.15) is 23.5 Å². The van der Waals surface area contributed by atoms with Crippen LogP contribution in [0.2, 0.25) is 0 Å². The Morgan fingerprint density at radius 1 is 1.12 bits per heavy atom. The maximum atomic E-state index is 13.0. The third kappa shape index (κ3) is 3.97. The zero-order chi connectivity index (χ0) is 22.9. The third-order valence-electron chi connectivity index (χ3n) is 5.85. The largest absolute Gasteiger partial charge is 0.350 e. The molecule has 168 valence electrons. The third-order valence-corrected chi connectivity index (χ3v) is 5.85. The second-order valence-corrected chi connectivity index (χ2v) is 8.46. The average Bonchev–Trinajstić information content (AvgIpc) is 3.51. The van der Waals surface area contributed by atoms with Crippen LogP contribution in [-0.4, -0.2) is 48.6 Å². The summed E-state index contributed by atoms with van der Waals surface area (Å²) in [5.41, 5.74) is 2.00. The molecule has 0 unspecified atom stereocenters. The molecule has 0 radical (unpaired) electrons. The van der Waals surface area contributed by atoms with E-state index in [0.29, 0.717) is 39.6 Å². The molecule has 1 aliphatic heterocycles. The van der Waals surface area contributed by atoms with Gasteiger partial charge in [-0.05, 0) is 51.0 Å². The molecule has 9 heteroatoms. The summed E-state index contributed by atoms with van der Waals surface area (Å²) in [6.07, 6.45) is 3.68. The zero-order valence-electron chi connectivity index (χ0n) is 18.6. The monoisotopic (exact) mass is 443 g/mol. The molecule has 4 heterocycles. The van der Waals surface area contributed by atoms with Crippen molar-refractivity contribution in [1.29, 1.82) is 0 Å². The minimum absolute atomic E-state index is 0.131. The molecule has 2 N–H and O–H groups in total. The van der Waals surface area contributed by atoms with Crippen LogP contribution in [0.25, 0.3) is 22.4 Å². The van der Waals surface area contributed by atoms with Crippen LogP contribution in [-0.2, 0) is 0 Å². The maximum absolute atomic E-state index is 13.0. The summed E-state index contributed by atoms with van der Waals surface area (Å²) in [6, 6.07) is 12.6. The summed E-state index contributed by atoms with van der Waals surface area (Å²) in [5.74, 6) is 1.12. The van der Waals surface area contributed by atoms with Crippen molar-refractivity contribution in [2.24, 2.45) is 0 Å². The first kappa shape index (κ1) is 20.9. The van der Waals surface area contributed by atoms with Crippen molar-refractivity contribution in [2.75, 3.05) is 18.4 Å². The number of aromatic amines is 1. The average molecular weight is 444 g/mol. The Kier molecular flexibility index (Phi) is 5.37. The van der Waals surface area contributed by atoms with Crippen LogP contribution in [0.5, 0.6) is 0 Å². The van der Waals surface area contributed by atoms with Crippen LogP contribution in [0.1, 0.15) is 43.2 Å². The number of hydrogen-bond donors (Lipinski definition) is 2. The van der Waals surface area contributed by atoms with Crippen LogP contribution < -0.4 is 10.7 Å². The number of fused-ring (bicyclic) bond motifs is 1. The van der Waals surface area contributed by atoms with Gasteiger partial charge >= 0.3 is 0 Å². The predicted octanol–water partition coefficient (Wildman–Crippen LogP) is 3.74. The van der Waals surface area contributed by atoms with E-state index in [1.807, 2.05) is 34.9 Å². The first-order valence-electron chi connectivity index (χ1n) is 11.1. The molecule has 1 aliphatic rings. The van der Waals surface area contributed by atoms with E-state index >= 15 is 0 Å². The number of carbonyl (C=O) groups is 1. The Morgan fingerprint density at radius 3 is 2.70 bits per heavy atom. The Morgan fingerprint density at radius 2 is 1.91 bits per heavy atom. The Hall–Kier alpha value is -4.01. The number of aromatic nitrogens is 5. The highest BCUT2D eigenvalue weighted by molar-refractivity contribution is 5.98. The van der Waals surface area contributed by atoms with E-state index in [-0.39, 0.29) is 17.4 Å². The first-order valence-corrected chi connectivity index (χ1v) is 11.1. The molecule has 0 saturated carbocycles. The van der Waals surface area contributed by atoms with E-state index in [9.17, 15) is 9.59 Å². The molecule has 0 bridgehead atoms. The molecule has 1 saturated heterocycles. The van der Waals surface area contributed by atoms with Gasteiger partial charge in [0.05, 0.1) is 16.6 Å². The first-order chi connectivity index (χ1) is 16.0. The van der Waals surface area contributed by atoms with Crippen molar-refractivity contribution >= 4 is 28.3 Å². The Balaban J connectivity index is 1.49. The van der Waals surface area contributed by atoms with E-state index in [4.69, 9.17) is 0 Å². The molecule has 1 aromatic carbocycles. The molecule has 9 nitrogen and oxygen atoms in total. The summed E-state index contributed by atoms with van der Waals surface area (Å²) in [5, 5.41) is 12.0. The van der Waals surface area contributed by atoms with Crippen LogP contribution >= 0.6 is 0 Å². The molecule has 0 aliphatic carbocycles. The van der Waals surface area contributed by atoms with Gasteiger partial charge in [0.15, 0.2) is 11.3 Å². The van der Waals surface area contributed by atoms with Crippen molar-refractivity contribution in [3.63, 3.8) is 0 Å². The topological polar surface area (TPSA) is 109 Å². The summed E-state index contributed by atoms with van der Waals surface area (Å²) < 4.78 is 1.95. The SMILES string of the molecule is CC(C)n1cnnc1-c1cccc(Nc2cccc3[nH]c(C(=O)N4CCCC4)cc(=O)c23)n1. The van der Waals surface area contributed by atoms with Gasteiger partial charge in [0, 0.05) is 25.2 Å². The second-order valence-electron chi connectivity index (χ2n) is 8.46. The highest BCUT2D eigenvalue weighted by atomic mass is 16.2. The maximum Gasteiger partial charge on any atom is 0.270 e. The van der Waals surface area contributed by atoms with Crippen molar-refractivity contribution in [2.45, 2.75) is 32.7 Å². The number of benzene rings is 1. The Labute approximate surface area is 190 Å². The molecular weight excluding hydrogens is 418 g/mol. The molecule has 5 rings (SSSR count). The second kappa shape index (κ2) is 8.50. The number of nitrogens with one attached hydrogen (secondary N) is 2. The lowest BCUT2D eigenvalue weighted by atomic mass is 10.1. The molecule has 1 fully saturated rings. The molecule has 4 aromatic rings. The Bertz CT molecular complexity index is 1380. The van der Waals surface area contributed by atoms with Gasteiger partial charge in [-0.1, -0.05) is 12.1 Å². The quantitative estimate of drug-likeness (QED) is 0.486. The molecule has 33 heavy (non-hydrogen) atoms. The van der Waals surface area contributed by atoms with Gasteiger partial charge in [-0.3, -0.25) is 9.59 Å². The molecular formula is C24H25N7O2. The minimum atomic E-state index is -0.217. The lowest BCUT2D eigenvalue weighted by molar-refractivity contribution is 0.0787. The highest BCUT2D eigenvalue weighted by Crippen LogP contribution is 2.25. The minimum Gasteiger partial charge on any atom is -0.350 e. The normalized spacial score (nSPS) is 13.7. The number of H-pyrrole nitrogens is 1.